The van der Waals surface area contributed by atoms with Crippen LogP contribution in [0.5, 0.6) is 0 Å². The molecule has 0 unspecified atom stereocenters. The van der Waals surface area contributed by atoms with Crippen molar-refractivity contribution in [2.75, 3.05) is 5.73 Å². The van der Waals surface area contributed by atoms with Crippen LogP contribution in [0, 0.1) is 15.5 Å². The van der Waals surface area contributed by atoms with Gasteiger partial charge in [-0.1, -0.05) is 40.7 Å². The van der Waals surface area contributed by atoms with Gasteiger partial charge in [-0.3, -0.25) is 10.1 Å². The summed E-state index contributed by atoms with van der Waals surface area (Å²) >= 11 is 0. The Bertz CT molecular complexity index is 459. The molecule has 0 radical (unpaired) electrons. The first-order valence-electron chi connectivity index (χ1n) is 6.07. The second-order valence-electron chi connectivity index (χ2n) is 6.65. The molecule has 0 aliphatic rings. The van der Waals surface area contributed by atoms with E-state index in [0.29, 0.717) is 0 Å². The Kier molecular flexibility index (Phi) is 3.70. The van der Waals surface area contributed by atoms with Gasteiger partial charge in [0.1, 0.15) is 5.69 Å². The molecular weight excluding hydrogens is 228 g/mol. The van der Waals surface area contributed by atoms with Gasteiger partial charge in [0, 0.05) is 6.07 Å². The van der Waals surface area contributed by atoms with Crippen LogP contribution in [0.4, 0.5) is 11.4 Å². The number of hydrogen-bond acceptors (Lipinski definition) is 3. The zero-order chi connectivity index (χ0) is 14.1. The summed E-state index contributed by atoms with van der Waals surface area (Å²) in [6, 6.07) is 5.10. The molecule has 1 aromatic rings. The quantitative estimate of drug-likeness (QED) is 0.502. The predicted molar refractivity (Wildman–Crippen MR) is 74.6 cm³/mol. The van der Waals surface area contributed by atoms with Gasteiger partial charge in [0.15, 0.2) is 0 Å². The summed E-state index contributed by atoms with van der Waals surface area (Å²) < 4.78 is 0. The van der Waals surface area contributed by atoms with Gasteiger partial charge in [-0.25, -0.2) is 0 Å². The summed E-state index contributed by atoms with van der Waals surface area (Å²) in [5.41, 5.74) is 6.84. The van der Waals surface area contributed by atoms with Crippen molar-refractivity contribution in [2.45, 2.75) is 46.5 Å². The number of nitrogens with two attached hydrogens (primary N) is 1. The van der Waals surface area contributed by atoms with Gasteiger partial charge in [0.2, 0.25) is 0 Å². The van der Waals surface area contributed by atoms with Crippen LogP contribution in [0.2, 0.25) is 0 Å². The number of nitro benzene ring substituents is 1. The van der Waals surface area contributed by atoms with Gasteiger partial charge in [0.05, 0.1) is 4.92 Å². The Labute approximate surface area is 108 Å². The second-order valence-corrected chi connectivity index (χ2v) is 6.65. The minimum absolute atomic E-state index is 0.00511. The molecule has 2 N–H and O–H groups in total. The van der Waals surface area contributed by atoms with Crippen LogP contribution < -0.4 is 5.73 Å². The highest BCUT2D eigenvalue weighted by Crippen LogP contribution is 2.38. The molecule has 0 saturated carbocycles. The van der Waals surface area contributed by atoms with E-state index in [1.54, 1.807) is 12.1 Å². The van der Waals surface area contributed by atoms with E-state index in [-0.39, 0.29) is 22.2 Å². The third-order valence-electron chi connectivity index (χ3n) is 2.98. The number of anilines is 1. The van der Waals surface area contributed by atoms with E-state index < -0.39 is 4.92 Å². The average molecular weight is 250 g/mol. The minimum Gasteiger partial charge on any atom is -0.393 e. The third-order valence-corrected chi connectivity index (χ3v) is 2.98. The number of benzene rings is 1. The van der Waals surface area contributed by atoms with Crippen LogP contribution in [-0.2, 0) is 5.41 Å². The first kappa shape index (κ1) is 14.5. The summed E-state index contributed by atoms with van der Waals surface area (Å²) in [6.07, 6.45) is 0.946. The SMILES string of the molecule is CC(C)(C)CC(C)(C)c1ccc(N)c([N+](=O)[O-])c1. The van der Waals surface area contributed by atoms with Crippen molar-refractivity contribution in [3.05, 3.63) is 33.9 Å². The molecule has 100 valence electrons. The molecule has 0 spiro atoms. The Morgan fingerprint density at radius 1 is 1.22 bits per heavy atom. The fourth-order valence-corrected chi connectivity index (χ4v) is 2.55. The van der Waals surface area contributed by atoms with Crippen LogP contribution >= 0.6 is 0 Å². The highest BCUT2D eigenvalue weighted by atomic mass is 16.6. The van der Waals surface area contributed by atoms with Crippen molar-refractivity contribution < 1.29 is 4.92 Å². The Morgan fingerprint density at radius 2 is 1.78 bits per heavy atom. The lowest BCUT2D eigenvalue weighted by atomic mass is 9.72. The Hall–Kier alpha value is -1.58. The molecule has 0 amide bonds. The number of hydrogen-bond donors (Lipinski definition) is 1. The number of nitrogens with zero attached hydrogens (tertiary/aromatic N) is 1. The molecule has 1 aromatic carbocycles. The first-order chi connectivity index (χ1) is 8.03. The summed E-state index contributed by atoms with van der Waals surface area (Å²) in [6.45, 7) is 10.7. The van der Waals surface area contributed by atoms with Gasteiger partial charge in [-0.2, -0.15) is 0 Å². The molecule has 0 saturated heterocycles. The van der Waals surface area contributed by atoms with Crippen LogP contribution in [0.15, 0.2) is 18.2 Å². The number of rotatable bonds is 3. The van der Waals surface area contributed by atoms with Crippen LogP contribution in [0.3, 0.4) is 0 Å². The van der Waals surface area contributed by atoms with Crippen molar-refractivity contribution in [1.29, 1.82) is 0 Å². The monoisotopic (exact) mass is 250 g/mol. The molecule has 0 fully saturated rings. The zero-order valence-corrected chi connectivity index (χ0v) is 11.8. The van der Waals surface area contributed by atoms with Crippen molar-refractivity contribution in [3.8, 4) is 0 Å². The van der Waals surface area contributed by atoms with Gasteiger partial charge in [0.25, 0.3) is 5.69 Å². The van der Waals surface area contributed by atoms with Crippen molar-refractivity contribution in [2.24, 2.45) is 5.41 Å². The number of nitro groups is 1. The predicted octanol–water partition coefficient (Wildman–Crippen LogP) is 3.89. The second kappa shape index (κ2) is 4.59. The molecule has 1 rings (SSSR count). The van der Waals surface area contributed by atoms with Crippen LogP contribution in [0.1, 0.15) is 46.6 Å². The fraction of sp³-hybridized carbons (Fsp3) is 0.571. The lowest BCUT2D eigenvalue weighted by Gasteiger charge is -2.32. The maximum Gasteiger partial charge on any atom is 0.292 e. The highest BCUT2D eigenvalue weighted by molar-refractivity contribution is 5.59. The maximum atomic E-state index is 10.9. The van der Waals surface area contributed by atoms with Gasteiger partial charge >= 0.3 is 0 Å². The van der Waals surface area contributed by atoms with Crippen molar-refractivity contribution in [3.63, 3.8) is 0 Å². The standard InChI is InChI=1S/C14H22N2O2/c1-13(2,3)9-14(4,5)10-6-7-11(15)12(8-10)16(17)18/h6-8H,9,15H2,1-5H3. The molecule has 0 aliphatic heterocycles. The maximum absolute atomic E-state index is 10.9. The highest BCUT2D eigenvalue weighted by Gasteiger charge is 2.28. The van der Waals surface area contributed by atoms with Crippen LogP contribution in [0.25, 0.3) is 0 Å². The summed E-state index contributed by atoms with van der Waals surface area (Å²) in [7, 11) is 0. The largest absolute Gasteiger partial charge is 0.393 e. The fourth-order valence-electron chi connectivity index (χ4n) is 2.55. The van der Waals surface area contributed by atoms with E-state index in [1.165, 1.54) is 0 Å². The lowest BCUT2D eigenvalue weighted by Crippen LogP contribution is -2.25. The van der Waals surface area contributed by atoms with Gasteiger partial charge in [-0.05, 0) is 28.9 Å². The summed E-state index contributed by atoms with van der Waals surface area (Å²) in [5, 5.41) is 10.9. The topological polar surface area (TPSA) is 69.2 Å². The number of nitrogen functional groups attached to an aromatic ring is 1. The van der Waals surface area contributed by atoms with Gasteiger partial charge < -0.3 is 5.73 Å². The normalized spacial score (nSPS) is 12.5. The Morgan fingerprint density at radius 3 is 2.22 bits per heavy atom. The lowest BCUT2D eigenvalue weighted by molar-refractivity contribution is -0.384. The van der Waals surface area contributed by atoms with E-state index >= 15 is 0 Å². The van der Waals surface area contributed by atoms with E-state index in [0.717, 1.165) is 12.0 Å². The molecule has 0 atom stereocenters. The van der Waals surface area contributed by atoms with E-state index in [4.69, 9.17) is 5.73 Å². The van der Waals surface area contributed by atoms with Crippen molar-refractivity contribution in [1.82, 2.24) is 0 Å². The Balaban J connectivity index is 3.17. The van der Waals surface area contributed by atoms with E-state index in [1.807, 2.05) is 6.07 Å². The smallest absolute Gasteiger partial charge is 0.292 e. The first-order valence-corrected chi connectivity index (χ1v) is 6.07. The van der Waals surface area contributed by atoms with Gasteiger partial charge in [-0.15, -0.1) is 0 Å². The average Bonchev–Trinajstić information content (AvgIpc) is 2.13. The third kappa shape index (κ3) is 3.45. The molecule has 4 nitrogen and oxygen atoms in total. The molecule has 0 bridgehead atoms. The summed E-state index contributed by atoms with van der Waals surface area (Å²) in [5.74, 6) is 0. The van der Waals surface area contributed by atoms with E-state index in [2.05, 4.69) is 34.6 Å². The summed E-state index contributed by atoms with van der Waals surface area (Å²) in [4.78, 5) is 10.5. The molecule has 0 aromatic heterocycles. The van der Waals surface area contributed by atoms with Crippen molar-refractivity contribution >= 4 is 11.4 Å². The molecule has 4 heteroatoms. The molecular formula is C14H22N2O2. The van der Waals surface area contributed by atoms with E-state index in [9.17, 15) is 10.1 Å². The minimum atomic E-state index is -0.425. The molecule has 0 heterocycles. The van der Waals surface area contributed by atoms with Crippen LogP contribution in [-0.4, -0.2) is 4.92 Å². The molecule has 0 aliphatic carbocycles. The zero-order valence-electron chi connectivity index (χ0n) is 11.8. The molecule has 18 heavy (non-hydrogen) atoms.